The molecule has 0 bridgehead atoms. The number of hydrogen-bond acceptors (Lipinski definition) is 2. The Morgan fingerprint density at radius 1 is 1.43 bits per heavy atom. The van der Waals surface area contributed by atoms with Gasteiger partial charge in [0.05, 0.1) is 12.1 Å². The first-order valence-corrected chi connectivity index (χ1v) is 4.37. The van der Waals surface area contributed by atoms with Crippen molar-refractivity contribution in [2.45, 2.75) is 6.42 Å². The summed E-state index contributed by atoms with van der Waals surface area (Å²) in [5.74, 6) is -0.361. The molecule has 1 aliphatic rings. The first-order valence-electron chi connectivity index (χ1n) is 4.37. The second-order valence-corrected chi connectivity index (χ2v) is 3.58. The van der Waals surface area contributed by atoms with E-state index in [1.165, 1.54) is 6.07 Å². The number of nitrogens with zero attached hydrogens (tertiary/aromatic N) is 1. The van der Waals surface area contributed by atoms with Crippen LogP contribution in [-0.4, -0.2) is 20.0 Å². The zero-order valence-electron chi connectivity index (χ0n) is 8.10. The smallest absolute Gasteiger partial charge is 0.228 e. The lowest BCUT2D eigenvalue weighted by Gasteiger charge is -2.14. The summed E-state index contributed by atoms with van der Waals surface area (Å²) in [6, 6.07) is 3.08. The fourth-order valence-corrected chi connectivity index (χ4v) is 1.58. The van der Waals surface area contributed by atoms with E-state index in [-0.39, 0.29) is 18.1 Å². The molecular formula is C10H11FN2O. The molecule has 0 fully saturated rings. The second kappa shape index (κ2) is 2.97. The van der Waals surface area contributed by atoms with Gasteiger partial charge in [-0.15, -0.1) is 0 Å². The van der Waals surface area contributed by atoms with Crippen molar-refractivity contribution >= 4 is 17.3 Å². The van der Waals surface area contributed by atoms with Gasteiger partial charge < -0.3 is 10.2 Å². The van der Waals surface area contributed by atoms with Crippen LogP contribution in [-0.2, 0) is 11.2 Å². The molecule has 2 rings (SSSR count). The van der Waals surface area contributed by atoms with Crippen LogP contribution in [0.3, 0.4) is 0 Å². The minimum Gasteiger partial charge on any atom is -0.375 e. The SMILES string of the molecule is CN(C)c1cc2c(cc1F)CC(=O)N2. The zero-order valence-corrected chi connectivity index (χ0v) is 8.10. The van der Waals surface area contributed by atoms with Crippen molar-refractivity contribution in [3.63, 3.8) is 0 Å². The van der Waals surface area contributed by atoms with E-state index in [1.807, 2.05) is 0 Å². The molecule has 0 saturated heterocycles. The van der Waals surface area contributed by atoms with Crippen LogP contribution in [0.15, 0.2) is 12.1 Å². The number of fused-ring (bicyclic) bond motifs is 1. The molecular weight excluding hydrogens is 183 g/mol. The van der Waals surface area contributed by atoms with E-state index in [4.69, 9.17) is 0 Å². The lowest BCUT2D eigenvalue weighted by molar-refractivity contribution is -0.115. The molecule has 1 aromatic rings. The summed E-state index contributed by atoms with van der Waals surface area (Å²) < 4.78 is 13.4. The van der Waals surface area contributed by atoms with Gasteiger partial charge in [-0.25, -0.2) is 4.39 Å². The minimum atomic E-state index is -0.287. The first-order chi connectivity index (χ1) is 6.58. The Kier molecular flexibility index (Phi) is 1.91. The van der Waals surface area contributed by atoms with Crippen molar-refractivity contribution in [2.24, 2.45) is 0 Å². The summed E-state index contributed by atoms with van der Waals surface area (Å²) in [4.78, 5) is 12.7. The highest BCUT2D eigenvalue weighted by molar-refractivity contribution is 5.99. The lowest BCUT2D eigenvalue weighted by Crippen LogP contribution is -2.11. The van der Waals surface area contributed by atoms with Crippen LogP contribution >= 0.6 is 0 Å². The maximum absolute atomic E-state index is 13.4. The maximum atomic E-state index is 13.4. The molecule has 0 atom stereocenters. The fourth-order valence-electron chi connectivity index (χ4n) is 1.58. The van der Waals surface area contributed by atoms with Crippen LogP contribution < -0.4 is 10.2 Å². The van der Waals surface area contributed by atoms with Crippen LogP contribution in [0.2, 0.25) is 0 Å². The third kappa shape index (κ3) is 1.32. The number of benzene rings is 1. The Morgan fingerprint density at radius 3 is 2.79 bits per heavy atom. The summed E-state index contributed by atoms with van der Waals surface area (Å²) in [7, 11) is 3.53. The predicted molar refractivity (Wildman–Crippen MR) is 53.1 cm³/mol. The van der Waals surface area contributed by atoms with E-state index < -0.39 is 0 Å². The summed E-state index contributed by atoms with van der Waals surface area (Å²) in [6.45, 7) is 0. The molecule has 3 nitrogen and oxygen atoms in total. The summed E-state index contributed by atoms with van der Waals surface area (Å²) in [5, 5.41) is 2.69. The van der Waals surface area contributed by atoms with Crippen molar-refractivity contribution in [3.8, 4) is 0 Å². The Balaban J connectivity index is 2.50. The number of halogens is 1. The Labute approximate surface area is 81.5 Å². The molecule has 0 saturated carbocycles. The van der Waals surface area contributed by atoms with E-state index >= 15 is 0 Å². The topological polar surface area (TPSA) is 32.3 Å². The summed E-state index contributed by atoms with van der Waals surface area (Å²) in [5.41, 5.74) is 1.95. The molecule has 74 valence electrons. The highest BCUT2D eigenvalue weighted by Gasteiger charge is 2.20. The van der Waals surface area contributed by atoms with Crippen LogP contribution in [0.5, 0.6) is 0 Å². The van der Waals surface area contributed by atoms with E-state index in [9.17, 15) is 9.18 Å². The number of carbonyl (C=O) groups excluding carboxylic acids is 1. The molecule has 1 N–H and O–H groups in total. The molecule has 4 heteroatoms. The Morgan fingerprint density at radius 2 is 2.14 bits per heavy atom. The number of amides is 1. The van der Waals surface area contributed by atoms with Crippen molar-refractivity contribution in [1.82, 2.24) is 0 Å². The van der Waals surface area contributed by atoms with E-state index in [2.05, 4.69) is 5.32 Å². The maximum Gasteiger partial charge on any atom is 0.228 e. The van der Waals surface area contributed by atoms with Crippen molar-refractivity contribution in [2.75, 3.05) is 24.3 Å². The normalized spacial score (nSPS) is 13.8. The Bertz CT molecular complexity index is 401. The standard InChI is InChI=1S/C10H11FN2O/c1-13(2)9-5-8-6(3-7(9)11)4-10(14)12-8/h3,5H,4H2,1-2H3,(H,12,14). The molecule has 1 aromatic carbocycles. The van der Waals surface area contributed by atoms with Gasteiger partial charge in [-0.2, -0.15) is 0 Å². The fraction of sp³-hybridized carbons (Fsp3) is 0.300. The van der Waals surface area contributed by atoms with E-state index in [0.29, 0.717) is 5.69 Å². The minimum absolute atomic E-state index is 0.0738. The van der Waals surface area contributed by atoms with E-state index in [0.717, 1.165) is 11.3 Å². The Hall–Kier alpha value is -1.58. The average Bonchev–Trinajstić information content (AvgIpc) is 2.42. The molecule has 14 heavy (non-hydrogen) atoms. The van der Waals surface area contributed by atoms with Crippen LogP contribution in [0.1, 0.15) is 5.56 Å². The van der Waals surface area contributed by atoms with Gasteiger partial charge in [-0.1, -0.05) is 0 Å². The average molecular weight is 194 g/mol. The highest BCUT2D eigenvalue weighted by atomic mass is 19.1. The zero-order chi connectivity index (χ0) is 10.3. The van der Waals surface area contributed by atoms with Crippen LogP contribution in [0, 0.1) is 5.82 Å². The third-order valence-corrected chi connectivity index (χ3v) is 2.28. The first kappa shape index (κ1) is 8.99. The monoisotopic (exact) mass is 194 g/mol. The van der Waals surface area contributed by atoms with Gasteiger partial charge >= 0.3 is 0 Å². The van der Waals surface area contributed by atoms with Crippen LogP contribution in [0.4, 0.5) is 15.8 Å². The number of carbonyl (C=O) groups is 1. The van der Waals surface area contributed by atoms with Gasteiger partial charge in [0.1, 0.15) is 5.82 Å². The molecule has 1 amide bonds. The summed E-state index contributed by atoms with van der Waals surface area (Å²) in [6.07, 6.45) is 0.278. The highest BCUT2D eigenvalue weighted by Crippen LogP contribution is 2.29. The largest absolute Gasteiger partial charge is 0.375 e. The molecule has 1 aliphatic heterocycles. The molecule has 1 heterocycles. The number of nitrogens with one attached hydrogen (secondary N) is 1. The van der Waals surface area contributed by atoms with Gasteiger partial charge in [-0.3, -0.25) is 4.79 Å². The third-order valence-electron chi connectivity index (χ3n) is 2.28. The van der Waals surface area contributed by atoms with Gasteiger partial charge in [0.2, 0.25) is 5.91 Å². The predicted octanol–water partition coefficient (Wildman–Crippen LogP) is 1.39. The van der Waals surface area contributed by atoms with Crippen molar-refractivity contribution in [1.29, 1.82) is 0 Å². The van der Waals surface area contributed by atoms with Crippen molar-refractivity contribution in [3.05, 3.63) is 23.5 Å². The molecule has 0 aromatic heterocycles. The summed E-state index contributed by atoms with van der Waals surface area (Å²) >= 11 is 0. The molecule has 0 unspecified atom stereocenters. The van der Waals surface area contributed by atoms with Gasteiger partial charge in [0.15, 0.2) is 0 Å². The number of hydrogen-bond donors (Lipinski definition) is 1. The van der Waals surface area contributed by atoms with Gasteiger partial charge in [-0.05, 0) is 17.7 Å². The molecule has 0 aliphatic carbocycles. The number of anilines is 2. The lowest BCUT2D eigenvalue weighted by atomic mass is 10.1. The van der Waals surface area contributed by atoms with Crippen LogP contribution in [0.25, 0.3) is 0 Å². The molecule has 0 spiro atoms. The quantitative estimate of drug-likeness (QED) is 0.732. The van der Waals surface area contributed by atoms with Gasteiger partial charge in [0, 0.05) is 19.8 Å². The second-order valence-electron chi connectivity index (χ2n) is 3.58. The van der Waals surface area contributed by atoms with E-state index in [1.54, 1.807) is 25.1 Å². The number of rotatable bonds is 1. The van der Waals surface area contributed by atoms with Crippen molar-refractivity contribution < 1.29 is 9.18 Å². The molecule has 0 radical (unpaired) electrons. The van der Waals surface area contributed by atoms with Gasteiger partial charge in [0.25, 0.3) is 0 Å².